The molecule has 9 nitrogen and oxygen atoms in total. The van der Waals surface area contributed by atoms with Crippen LogP contribution in [-0.2, 0) is 24.8 Å². The molecule has 0 radical (unpaired) electrons. The third-order valence-electron chi connectivity index (χ3n) is 4.96. The Hall–Kier alpha value is -2.44. The fourth-order valence-electron chi connectivity index (χ4n) is 3.43. The number of sulfonamides is 1. The van der Waals surface area contributed by atoms with Crippen LogP contribution >= 0.6 is 11.6 Å². The van der Waals surface area contributed by atoms with E-state index < -0.39 is 45.1 Å². The highest BCUT2D eigenvalue weighted by Gasteiger charge is 2.34. The summed E-state index contributed by atoms with van der Waals surface area (Å²) in [7, 11) is -8.16. The summed E-state index contributed by atoms with van der Waals surface area (Å²) < 4.78 is 54.4. The van der Waals surface area contributed by atoms with Crippen molar-refractivity contribution in [1.29, 1.82) is 0 Å². The van der Waals surface area contributed by atoms with E-state index in [1.807, 2.05) is 0 Å². The predicted molar refractivity (Wildman–Crippen MR) is 114 cm³/mol. The maximum Gasteiger partial charge on any atom is 0.268 e. The Bertz CT molecular complexity index is 1370. The van der Waals surface area contributed by atoms with Crippen molar-refractivity contribution >= 4 is 48.5 Å². The second-order valence-electron chi connectivity index (χ2n) is 7.01. The van der Waals surface area contributed by atoms with E-state index in [4.69, 9.17) is 11.6 Å². The molecule has 1 aromatic heterocycles. The van der Waals surface area contributed by atoms with Crippen molar-refractivity contribution in [3.8, 4) is 0 Å². The van der Waals surface area contributed by atoms with Crippen LogP contribution in [0.1, 0.15) is 0 Å². The number of aliphatic hydroxyl groups excluding tert-OH is 1. The van der Waals surface area contributed by atoms with Gasteiger partial charge in [-0.25, -0.2) is 20.8 Å². The number of rotatable bonds is 5. The summed E-state index contributed by atoms with van der Waals surface area (Å²) in [6.07, 6.45) is 1.22. The molecule has 2 N–H and O–H groups in total. The lowest BCUT2D eigenvalue weighted by Crippen LogP contribution is -2.56. The van der Waals surface area contributed by atoms with Crippen molar-refractivity contribution in [1.82, 2.24) is 13.6 Å². The molecule has 0 aliphatic carbocycles. The maximum absolute atomic E-state index is 13.1. The Morgan fingerprint density at radius 1 is 1.03 bits per heavy atom. The van der Waals surface area contributed by atoms with Crippen LogP contribution in [0.5, 0.6) is 0 Å². The van der Waals surface area contributed by atoms with Crippen molar-refractivity contribution in [2.75, 3.05) is 19.7 Å². The van der Waals surface area contributed by atoms with Crippen molar-refractivity contribution in [2.24, 2.45) is 0 Å². The number of carbonyl (C=O) groups is 1. The molecule has 1 saturated heterocycles. The fraction of sp³-hybridized carbons (Fsp3) is 0.211. The van der Waals surface area contributed by atoms with Gasteiger partial charge in [-0.05, 0) is 30.3 Å². The molecule has 0 spiro atoms. The van der Waals surface area contributed by atoms with Crippen LogP contribution in [0.25, 0.3) is 10.9 Å². The number of carbonyl (C=O) groups excluding carboxylic acids is 1. The van der Waals surface area contributed by atoms with Gasteiger partial charge >= 0.3 is 0 Å². The highest BCUT2D eigenvalue weighted by molar-refractivity contribution is 7.90. The van der Waals surface area contributed by atoms with Crippen LogP contribution in [0.2, 0.25) is 5.02 Å². The number of nitrogens with zero attached hydrogens (tertiary/aromatic N) is 2. The minimum Gasteiger partial charge on any atom is -0.394 e. The van der Waals surface area contributed by atoms with E-state index in [1.54, 1.807) is 18.2 Å². The first-order valence-corrected chi connectivity index (χ1v) is 12.4. The van der Waals surface area contributed by atoms with Gasteiger partial charge in [0.1, 0.15) is 0 Å². The third kappa shape index (κ3) is 3.83. The van der Waals surface area contributed by atoms with E-state index in [2.05, 4.69) is 5.32 Å². The summed E-state index contributed by atoms with van der Waals surface area (Å²) in [6.45, 7) is -0.918. The van der Waals surface area contributed by atoms with E-state index in [1.165, 1.54) is 36.5 Å². The SMILES string of the molecule is O=C1CN(S(=O)(=O)c2ccc3c(Cl)cn(S(=O)(=O)c4ccccc4)c3c2)CC(CO)N1. The highest BCUT2D eigenvalue weighted by atomic mass is 35.5. The van der Waals surface area contributed by atoms with Gasteiger partial charge in [-0.15, -0.1) is 0 Å². The molecule has 31 heavy (non-hydrogen) atoms. The lowest BCUT2D eigenvalue weighted by Gasteiger charge is -2.31. The number of aromatic nitrogens is 1. The number of amides is 1. The predicted octanol–water partition coefficient (Wildman–Crippen LogP) is 1.01. The molecule has 1 atom stereocenters. The lowest BCUT2D eigenvalue weighted by atomic mass is 10.2. The third-order valence-corrected chi connectivity index (χ3v) is 8.76. The number of aliphatic hydroxyl groups is 1. The van der Waals surface area contributed by atoms with Crippen molar-refractivity contribution in [3.05, 3.63) is 59.8 Å². The molecule has 4 rings (SSSR count). The van der Waals surface area contributed by atoms with E-state index in [0.29, 0.717) is 5.39 Å². The minimum atomic E-state index is -4.14. The second kappa shape index (κ2) is 7.92. The van der Waals surface area contributed by atoms with Gasteiger partial charge in [-0.3, -0.25) is 4.79 Å². The molecule has 3 aromatic rings. The summed E-state index contributed by atoms with van der Waals surface area (Å²) in [5, 5.41) is 12.3. The van der Waals surface area contributed by atoms with Crippen LogP contribution in [0.3, 0.4) is 0 Å². The monoisotopic (exact) mass is 483 g/mol. The molecular formula is C19H18ClN3O6S2. The van der Waals surface area contributed by atoms with Gasteiger partial charge in [0.25, 0.3) is 10.0 Å². The van der Waals surface area contributed by atoms with Crippen LogP contribution < -0.4 is 5.32 Å². The van der Waals surface area contributed by atoms with Gasteiger partial charge < -0.3 is 10.4 Å². The number of nitrogens with one attached hydrogen (secondary N) is 1. The van der Waals surface area contributed by atoms with Crippen molar-refractivity contribution in [2.45, 2.75) is 15.8 Å². The zero-order valence-electron chi connectivity index (χ0n) is 16.0. The lowest BCUT2D eigenvalue weighted by molar-refractivity contribution is -0.124. The average Bonchev–Trinajstić information content (AvgIpc) is 3.10. The Kier molecular flexibility index (Phi) is 5.56. The van der Waals surface area contributed by atoms with Crippen molar-refractivity contribution in [3.63, 3.8) is 0 Å². The zero-order chi connectivity index (χ0) is 22.4. The summed E-state index contributed by atoms with van der Waals surface area (Å²) in [4.78, 5) is 11.7. The van der Waals surface area contributed by atoms with Gasteiger partial charge in [0.05, 0.1) is 39.5 Å². The summed E-state index contributed by atoms with van der Waals surface area (Å²) in [5.74, 6) is -0.534. The molecule has 1 aliphatic rings. The number of hydrogen-bond acceptors (Lipinski definition) is 6. The minimum absolute atomic E-state index is 0.0234. The number of piperazine rings is 1. The normalized spacial score (nSPS) is 18.3. The smallest absolute Gasteiger partial charge is 0.268 e. The van der Waals surface area contributed by atoms with Crippen LogP contribution in [0, 0.1) is 0 Å². The number of halogens is 1. The topological polar surface area (TPSA) is 126 Å². The molecule has 0 saturated carbocycles. The average molecular weight is 484 g/mol. The Morgan fingerprint density at radius 2 is 1.74 bits per heavy atom. The molecule has 164 valence electrons. The molecule has 2 heterocycles. The summed E-state index contributed by atoms with van der Waals surface area (Å²) in [5.41, 5.74) is 0.0927. The van der Waals surface area contributed by atoms with E-state index in [-0.39, 0.29) is 26.9 Å². The number of benzene rings is 2. The van der Waals surface area contributed by atoms with E-state index in [0.717, 1.165) is 8.28 Å². The van der Waals surface area contributed by atoms with Gasteiger partial charge in [0.2, 0.25) is 15.9 Å². The molecule has 2 aromatic carbocycles. The van der Waals surface area contributed by atoms with Gasteiger partial charge in [-0.2, -0.15) is 4.31 Å². The van der Waals surface area contributed by atoms with Crippen LogP contribution in [0.4, 0.5) is 0 Å². The Balaban J connectivity index is 1.83. The van der Waals surface area contributed by atoms with E-state index >= 15 is 0 Å². The summed E-state index contributed by atoms with van der Waals surface area (Å²) >= 11 is 6.22. The molecule has 12 heteroatoms. The molecule has 1 amide bonds. The zero-order valence-corrected chi connectivity index (χ0v) is 18.4. The molecule has 0 bridgehead atoms. The molecule has 1 fully saturated rings. The van der Waals surface area contributed by atoms with E-state index in [9.17, 15) is 26.7 Å². The molecule has 1 aliphatic heterocycles. The highest BCUT2D eigenvalue weighted by Crippen LogP contribution is 2.32. The summed E-state index contributed by atoms with van der Waals surface area (Å²) in [6, 6.07) is 10.9. The van der Waals surface area contributed by atoms with Crippen LogP contribution in [0.15, 0.2) is 64.5 Å². The molecular weight excluding hydrogens is 466 g/mol. The quantitative estimate of drug-likeness (QED) is 0.558. The second-order valence-corrected chi connectivity index (χ2v) is 11.2. The Morgan fingerprint density at radius 3 is 2.42 bits per heavy atom. The number of hydrogen-bond donors (Lipinski definition) is 2. The first-order valence-electron chi connectivity index (χ1n) is 9.16. The first-order chi connectivity index (χ1) is 14.6. The largest absolute Gasteiger partial charge is 0.394 e. The van der Waals surface area contributed by atoms with Crippen LogP contribution in [-0.4, -0.2) is 61.9 Å². The van der Waals surface area contributed by atoms with Crippen molar-refractivity contribution < 1.29 is 26.7 Å². The fourth-order valence-corrected chi connectivity index (χ4v) is 6.59. The van der Waals surface area contributed by atoms with Gasteiger partial charge in [-0.1, -0.05) is 29.8 Å². The van der Waals surface area contributed by atoms with Gasteiger partial charge in [0.15, 0.2) is 0 Å². The first kappa shape index (κ1) is 21.8. The standard InChI is InChI=1S/C19H18ClN3O6S2/c20-17-10-23(31(28,29)14-4-2-1-3-5-14)18-8-15(6-7-16(17)18)30(26,27)22-9-13(12-24)21-19(25)11-22/h1-8,10,13,24H,9,11-12H2,(H,21,25). The Labute approximate surface area is 183 Å². The number of fused-ring (bicyclic) bond motifs is 1. The molecule has 1 unspecified atom stereocenters. The maximum atomic E-state index is 13.1. The van der Waals surface area contributed by atoms with Gasteiger partial charge in [0, 0.05) is 18.1 Å².